The number of benzene rings is 2. The highest BCUT2D eigenvalue weighted by atomic mass is 19.2. The Kier molecular flexibility index (Phi) is 5.20. The molecule has 0 N–H and O–H groups in total. The standard InChI is InChI=1S/C25H22F4N2/c1-13(17-19(26)21(28)18(25(2,3)4)22(29)20(17)27)10-14-11-16-8-7-15-6-5-9-30-23(15)24(16)31-12-14/h5-9,11-13H,10H2,1-4H3. The third kappa shape index (κ3) is 3.64. The summed E-state index contributed by atoms with van der Waals surface area (Å²) in [6, 6.07) is 9.47. The van der Waals surface area contributed by atoms with Gasteiger partial charge in [0.1, 0.15) is 0 Å². The lowest BCUT2D eigenvalue weighted by molar-refractivity contribution is 0.388. The van der Waals surface area contributed by atoms with Crippen molar-refractivity contribution in [3.05, 3.63) is 82.7 Å². The molecule has 0 aliphatic rings. The van der Waals surface area contributed by atoms with Gasteiger partial charge in [0.05, 0.1) is 11.0 Å². The lowest BCUT2D eigenvalue weighted by Crippen LogP contribution is -2.21. The summed E-state index contributed by atoms with van der Waals surface area (Å²) in [6.45, 7) is 6.07. The van der Waals surface area contributed by atoms with E-state index in [-0.39, 0.29) is 6.42 Å². The van der Waals surface area contributed by atoms with Crippen LogP contribution in [0.2, 0.25) is 0 Å². The average Bonchev–Trinajstić information content (AvgIpc) is 2.71. The summed E-state index contributed by atoms with van der Waals surface area (Å²) in [7, 11) is 0. The van der Waals surface area contributed by atoms with Gasteiger partial charge in [-0.2, -0.15) is 0 Å². The van der Waals surface area contributed by atoms with Crippen molar-refractivity contribution in [2.24, 2.45) is 0 Å². The molecule has 1 unspecified atom stereocenters. The highest BCUT2D eigenvalue weighted by Gasteiger charge is 2.33. The van der Waals surface area contributed by atoms with Gasteiger partial charge in [-0.05, 0) is 35.4 Å². The SMILES string of the molecule is CC(Cc1cnc2c(ccc3cccnc32)c1)c1c(F)c(F)c(C(C)(C)C)c(F)c1F. The maximum absolute atomic E-state index is 14.8. The number of halogens is 4. The van der Waals surface area contributed by atoms with Crippen LogP contribution in [0.15, 0.2) is 42.7 Å². The van der Waals surface area contributed by atoms with Crippen LogP contribution in [0.1, 0.15) is 50.3 Å². The summed E-state index contributed by atoms with van der Waals surface area (Å²) >= 11 is 0. The first-order valence-electron chi connectivity index (χ1n) is 10.1. The van der Waals surface area contributed by atoms with Crippen LogP contribution in [0.3, 0.4) is 0 Å². The first kappa shape index (κ1) is 21.2. The molecule has 4 aromatic rings. The zero-order chi connectivity index (χ0) is 22.5. The molecule has 4 rings (SSSR count). The van der Waals surface area contributed by atoms with E-state index in [9.17, 15) is 17.6 Å². The molecule has 1 atom stereocenters. The van der Waals surface area contributed by atoms with Crippen molar-refractivity contribution in [3.63, 3.8) is 0 Å². The number of nitrogens with zero attached hydrogens (tertiary/aromatic N) is 2. The van der Waals surface area contributed by atoms with Gasteiger partial charge >= 0.3 is 0 Å². The van der Waals surface area contributed by atoms with E-state index < -0.39 is 45.7 Å². The maximum Gasteiger partial charge on any atom is 0.165 e. The number of aromatic nitrogens is 2. The largest absolute Gasteiger partial charge is 0.254 e. The molecule has 2 aromatic heterocycles. The Hall–Kier alpha value is -3.02. The van der Waals surface area contributed by atoms with Crippen LogP contribution in [0.25, 0.3) is 21.8 Å². The molecular weight excluding hydrogens is 404 g/mol. The molecule has 0 fully saturated rings. The van der Waals surface area contributed by atoms with E-state index in [0.717, 1.165) is 21.8 Å². The van der Waals surface area contributed by atoms with Gasteiger partial charge in [0.2, 0.25) is 0 Å². The third-order valence-electron chi connectivity index (χ3n) is 5.56. The van der Waals surface area contributed by atoms with Crippen molar-refractivity contribution in [1.82, 2.24) is 9.97 Å². The van der Waals surface area contributed by atoms with E-state index in [4.69, 9.17) is 0 Å². The van der Waals surface area contributed by atoms with Gasteiger partial charge in [0.25, 0.3) is 0 Å². The van der Waals surface area contributed by atoms with Crippen LogP contribution >= 0.6 is 0 Å². The molecule has 0 radical (unpaired) electrons. The molecule has 0 bridgehead atoms. The van der Waals surface area contributed by atoms with Gasteiger partial charge < -0.3 is 0 Å². The zero-order valence-corrected chi connectivity index (χ0v) is 17.7. The quantitative estimate of drug-likeness (QED) is 0.201. The second-order valence-corrected chi connectivity index (χ2v) is 8.96. The van der Waals surface area contributed by atoms with Gasteiger partial charge in [-0.15, -0.1) is 0 Å². The molecule has 0 aliphatic heterocycles. The first-order chi connectivity index (χ1) is 14.6. The number of fused-ring (bicyclic) bond motifs is 3. The summed E-state index contributed by atoms with van der Waals surface area (Å²) < 4.78 is 58.9. The van der Waals surface area contributed by atoms with Crippen molar-refractivity contribution in [2.45, 2.75) is 45.4 Å². The molecule has 2 heterocycles. The number of hydrogen-bond donors (Lipinski definition) is 0. The average molecular weight is 426 g/mol. The van der Waals surface area contributed by atoms with E-state index >= 15 is 0 Å². The Morgan fingerprint density at radius 3 is 2.10 bits per heavy atom. The van der Waals surface area contributed by atoms with Crippen molar-refractivity contribution >= 4 is 21.8 Å². The lowest BCUT2D eigenvalue weighted by Gasteiger charge is -2.24. The normalized spacial score (nSPS) is 13.2. The monoisotopic (exact) mass is 426 g/mol. The molecule has 6 heteroatoms. The van der Waals surface area contributed by atoms with E-state index in [1.165, 1.54) is 20.8 Å². The van der Waals surface area contributed by atoms with E-state index in [2.05, 4.69) is 9.97 Å². The Morgan fingerprint density at radius 2 is 1.45 bits per heavy atom. The highest BCUT2D eigenvalue weighted by Crippen LogP contribution is 2.36. The highest BCUT2D eigenvalue weighted by molar-refractivity contribution is 6.02. The fraction of sp³-hybridized carbons (Fsp3) is 0.280. The van der Waals surface area contributed by atoms with Crippen LogP contribution in [-0.2, 0) is 11.8 Å². The Bertz CT molecular complexity index is 1280. The minimum absolute atomic E-state index is 0.171. The van der Waals surface area contributed by atoms with Gasteiger partial charge in [-0.25, -0.2) is 17.6 Å². The number of pyridine rings is 2. The van der Waals surface area contributed by atoms with Crippen LogP contribution in [0, 0.1) is 23.3 Å². The molecule has 0 aliphatic carbocycles. The Morgan fingerprint density at radius 1 is 0.839 bits per heavy atom. The minimum Gasteiger partial charge on any atom is -0.254 e. The van der Waals surface area contributed by atoms with E-state index in [1.54, 1.807) is 19.3 Å². The second kappa shape index (κ2) is 7.59. The van der Waals surface area contributed by atoms with Gasteiger partial charge in [0, 0.05) is 34.3 Å². The van der Waals surface area contributed by atoms with Gasteiger partial charge in [-0.3, -0.25) is 9.97 Å². The summed E-state index contributed by atoms with van der Waals surface area (Å²) in [5.74, 6) is -6.12. The molecular formula is C25H22F4N2. The molecule has 0 saturated carbocycles. The molecule has 2 nitrogen and oxygen atoms in total. The smallest absolute Gasteiger partial charge is 0.165 e. The minimum atomic E-state index is -1.33. The van der Waals surface area contributed by atoms with Crippen LogP contribution < -0.4 is 0 Å². The molecule has 31 heavy (non-hydrogen) atoms. The lowest BCUT2D eigenvalue weighted by atomic mass is 9.83. The summed E-state index contributed by atoms with van der Waals surface area (Å²) in [5.41, 5.74) is -0.0446. The molecule has 0 spiro atoms. The predicted octanol–water partition coefficient (Wildman–Crippen LogP) is 6.98. The molecule has 2 aromatic carbocycles. The van der Waals surface area contributed by atoms with Crippen molar-refractivity contribution in [1.29, 1.82) is 0 Å². The summed E-state index contributed by atoms with van der Waals surface area (Å²) in [5, 5.41) is 1.79. The van der Waals surface area contributed by atoms with E-state index in [0.29, 0.717) is 5.56 Å². The third-order valence-corrected chi connectivity index (χ3v) is 5.56. The first-order valence-corrected chi connectivity index (χ1v) is 10.1. The Balaban J connectivity index is 1.74. The number of rotatable bonds is 3. The topological polar surface area (TPSA) is 25.8 Å². The predicted molar refractivity (Wildman–Crippen MR) is 114 cm³/mol. The van der Waals surface area contributed by atoms with E-state index in [1.807, 2.05) is 30.3 Å². The second-order valence-electron chi connectivity index (χ2n) is 8.96. The summed E-state index contributed by atoms with van der Waals surface area (Å²) in [4.78, 5) is 8.86. The van der Waals surface area contributed by atoms with Crippen molar-refractivity contribution < 1.29 is 17.6 Å². The maximum atomic E-state index is 14.8. The number of hydrogen-bond acceptors (Lipinski definition) is 2. The van der Waals surface area contributed by atoms with Crippen LogP contribution in [0.5, 0.6) is 0 Å². The fourth-order valence-corrected chi connectivity index (χ4v) is 4.09. The Labute approximate surface area is 178 Å². The van der Waals surface area contributed by atoms with Crippen LogP contribution in [0.4, 0.5) is 17.6 Å². The van der Waals surface area contributed by atoms with Gasteiger partial charge in [-0.1, -0.05) is 45.9 Å². The molecule has 0 saturated heterocycles. The van der Waals surface area contributed by atoms with Crippen LogP contribution in [-0.4, -0.2) is 9.97 Å². The van der Waals surface area contributed by atoms with Gasteiger partial charge in [0.15, 0.2) is 23.3 Å². The van der Waals surface area contributed by atoms with Crippen molar-refractivity contribution in [3.8, 4) is 0 Å². The fourth-order valence-electron chi connectivity index (χ4n) is 4.09. The molecule has 0 amide bonds. The zero-order valence-electron chi connectivity index (χ0n) is 17.7. The summed E-state index contributed by atoms with van der Waals surface area (Å²) in [6.07, 6.45) is 3.47. The molecule has 160 valence electrons. The van der Waals surface area contributed by atoms with Crippen molar-refractivity contribution in [2.75, 3.05) is 0 Å².